The molecule has 0 bridgehead atoms. The van der Waals surface area contributed by atoms with Crippen LogP contribution in [-0.4, -0.2) is 30.2 Å². The van der Waals surface area contributed by atoms with Crippen LogP contribution in [0, 0.1) is 10.1 Å². The summed E-state index contributed by atoms with van der Waals surface area (Å²) in [7, 11) is -3.81. The van der Waals surface area contributed by atoms with Crippen molar-refractivity contribution in [3.05, 3.63) is 33.3 Å². The van der Waals surface area contributed by atoms with Gasteiger partial charge in [0.2, 0.25) is 10.0 Å². The summed E-state index contributed by atoms with van der Waals surface area (Å²) in [6.07, 6.45) is 3.31. The number of sulfonamides is 1. The molecular formula is C13H17ClN2O4S. The molecule has 2 rings (SSSR count). The first-order valence-corrected chi connectivity index (χ1v) is 8.65. The molecule has 1 heterocycles. The first-order valence-electron chi connectivity index (χ1n) is 6.83. The maximum Gasteiger partial charge on any atom is 0.270 e. The monoisotopic (exact) mass is 332 g/mol. The zero-order chi connectivity index (χ0) is 15.6. The van der Waals surface area contributed by atoms with Crippen molar-refractivity contribution in [2.75, 3.05) is 6.54 Å². The molecular weight excluding hydrogens is 316 g/mol. The van der Waals surface area contributed by atoms with Gasteiger partial charge in [-0.2, -0.15) is 4.31 Å². The fraction of sp³-hybridized carbons (Fsp3) is 0.538. The topological polar surface area (TPSA) is 80.5 Å². The van der Waals surface area contributed by atoms with Crippen LogP contribution < -0.4 is 0 Å². The maximum absolute atomic E-state index is 12.8. The lowest BCUT2D eigenvalue weighted by atomic mass is 10.0. The van der Waals surface area contributed by atoms with E-state index in [1.165, 1.54) is 16.4 Å². The van der Waals surface area contributed by atoms with Gasteiger partial charge in [-0.15, -0.1) is 0 Å². The molecule has 21 heavy (non-hydrogen) atoms. The maximum atomic E-state index is 12.8. The van der Waals surface area contributed by atoms with Crippen LogP contribution in [0.4, 0.5) is 5.69 Å². The molecule has 1 atom stereocenters. The van der Waals surface area contributed by atoms with Gasteiger partial charge >= 0.3 is 0 Å². The van der Waals surface area contributed by atoms with Crippen molar-refractivity contribution in [3.8, 4) is 0 Å². The number of rotatable bonds is 4. The highest BCUT2D eigenvalue weighted by Crippen LogP contribution is 2.32. The summed E-state index contributed by atoms with van der Waals surface area (Å²) < 4.78 is 27.0. The van der Waals surface area contributed by atoms with Gasteiger partial charge < -0.3 is 0 Å². The van der Waals surface area contributed by atoms with Gasteiger partial charge in [-0.25, -0.2) is 8.42 Å². The third-order valence-electron chi connectivity index (χ3n) is 3.76. The van der Waals surface area contributed by atoms with Crippen LogP contribution in [0.25, 0.3) is 0 Å². The summed E-state index contributed by atoms with van der Waals surface area (Å²) in [5.41, 5.74) is -0.275. The minimum Gasteiger partial charge on any atom is -0.258 e. The van der Waals surface area contributed by atoms with Gasteiger partial charge in [0, 0.05) is 24.7 Å². The molecule has 0 aliphatic carbocycles. The number of non-ortho nitro benzene ring substituents is 1. The number of nitrogens with zero attached hydrogens (tertiary/aromatic N) is 2. The summed E-state index contributed by atoms with van der Waals surface area (Å²) in [5, 5.41) is 10.9. The van der Waals surface area contributed by atoms with Gasteiger partial charge in [0.25, 0.3) is 5.69 Å². The average molecular weight is 333 g/mol. The predicted molar refractivity (Wildman–Crippen MR) is 79.9 cm³/mol. The van der Waals surface area contributed by atoms with Gasteiger partial charge in [-0.3, -0.25) is 10.1 Å². The number of benzene rings is 1. The molecule has 0 amide bonds. The fourth-order valence-corrected chi connectivity index (χ4v) is 4.89. The van der Waals surface area contributed by atoms with Gasteiger partial charge in [-0.1, -0.05) is 24.9 Å². The Balaban J connectivity index is 2.47. The fourth-order valence-electron chi connectivity index (χ4n) is 2.63. The molecule has 0 saturated carbocycles. The third kappa shape index (κ3) is 3.20. The summed E-state index contributed by atoms with van der Waals surface area (Å²) in [4.78, 5) is 10.0. The number of piperidine rings is 1. The Labute approximate surface area is 128 Å². The summed E-state index contributed by atoms with van der Waals surface area (Å²) >= 11 is 5.97. The molecule has 1 saturated heterocycles. The minimum absolute atomic E-state index is 0.0148. The molecule has 6 nitrogen and oxygen atoms in total. The molecule has 1 unspecified atom stereocenters. The van der Waals surface area contributed by atoms with E-state index in [2.05, 4.69) is 0 Å². The third-order valence-corrected chi connectivity index (χ3v) is 6.19. The highest BCUT2D eigenvalue weighted by molar-refractivity contribution is 7.89. The smallest absolute Gasteiger partial charge is 0.258 e. The quantitative estimate of drug-likeness (QED) is 0.626. The van der Waals surface area contributed by atoms with Crippen molar-refractivity contribution in [2.45, 2.75) is 43.5 Å². The second kappa shape index (κ2) is 6.29. The van der Waals surface area contributed by atoms with Crippen molar-refractivity contribution in [3.63, 3.8) is 0 Å². The van der Waals surface area contributed by atoms with E-state index < -0.39 is 14.9 Å². The Morgan fingerprint density at radius 1 is 1.43 bits per heavy atom. The largest absolute Gasteiger partial charge is 0.270 e. The van der Waals surface area contributed by atoms with E-state index in [0.29, 0.717) is 13.0 Å². The highest BCUT2D eigenvalue weighted by atomic mass is 35.5. The Hall–Kier alpha value is -1.18. The molecule has 1 aliphatic heterocycles. The lowest BCUT2D eigenvalue weighted by molar-refractivity contribution is -0.385. The van der Waals surface area contributed by atoms with Crippen molar-refractivity contribution < 1.29 is 13.3 Å². The number of halogens is 1. The normalized spacial score (nSPS) is 20.4. The summed E-state index contributed by atoms with van der Waals surface area (Å²) in [5.74, 6) is 0. The zero-order valence-electron chi connectivity index (χ0n) is 11.7. The molecule has 8 heteroatoms. The number of hydrogen-bond donors (Lipinski definition) is 0. The Kier molecular flexibility index (Phi) is 4.85. The molecule has 0 N–H and O–H groups in total. The molecule has 116 valence electrons. The van der Waals surface area contributed by atoms with Crippen LogP contribution >= 0.6 is 11.6 Å². The van der Waals surface area contributed by atoms with E-state index in [-0.39, 0.29) is 21.6 Å². The Morgan fingerprint density at radius 3 is 2.76 bits per heavy atom. The molecule has 0 spiro atoms. The van der Waals surface area contributed by atoms with Crippen LogP contribution in [-0.2, 0) is 10.0 Å². The van der Waals surface area contributed by atoms with Crippen molar-refractivity contribution >= 4 is 27.3 Å². The second-order valence-electron chi connectivity index (χ2n) is 5.05. The van der Waals surface area contributed by atoms with Crippen LogP contribution in [0.3, 0.4) is 0 Å². The van der Waals surface area contributed by atoms with Crippen LogP contribution in [0.1, 0.15) is 32.6 Å². The summed E-state index contributed by atoms with van der Waals surface area (Å²) in [6.45, 7) is 2.37. The van der Waals surface area contributed by atoms with Gasteiger partial charge in [0.1, 0.15) is 4.90 Å². The zero-order valence-corrected chi connectivity index (χ0v) is 13.2. The van der Waals surface area contributed by atoms with E-state index >= 15 is 0 Å². The Morgan fingerprint density at radius 2 is 2.14 bits per heavy atom. The first-order chi connectivity index (χ1) is 9.87. The van der Waals surface area contributed by atoms with Gasteiger partial charge in [-0.05, 0) is 25.3 Å². The van der Waals surface area contributed by atoms with E-state index in [9.17, 15) is 18.5 Å². The van der Waals surface area contributed by atoms with E-state index in [0.717, 1.165) is 25.3 Å². The van der Waals surface area contributed by atoms with Crippen molar-refractivity contribution in [1.82, 2.24) is 4.31 Å². The average Bonchev–Trinajstić information content (AvgIpc) is 2.47. The van der Waals surface area contributed by atoms with Crippen LogP contribution in [0.5, 0.6) is 0 Å². The standard InChI is InChI=1S/C13H17ClN2O4S/c1-2-10-5-3-4-8-15(10)21(19,20)13-9-11(16(17)18)6-7-12(13)14/h6-7,9-10H,2-5,8H2,1H3. The highest BCUT2D eigenvalue weighted by Gasteiger charge is 2.34. The molecule has 1 aliphatic rings. The SMILES string of the molecule is CCC1CCCCN1S(=O)(=O)c1cc([N+](=O)[O-])ccc1Cl. The number of nitro groups is 1. The predicted octanol–water partition coefficient (Wildman–Crippen LogP) is 3.20. The molecule has 0 aromatic heterocycles. The molecule has 0 radical (unpaired) electrons. The number of hydrogen-bond acceptors (Lipinski definition) is 4. The van der Waals surface area contributed by atoms with E-state index in [1.54, 1.807) is 0 Å². The van der Waals surface area contributed by atoms with Gasteiger partial charge in [0.15, 0.2) is 0 Å². The lowest BCUT2D eigenvalue weighted by Crippen LogP contribution is -2.43. The Bertz CT molecular complexity index is 648. The molecule has 1 aromatic carbocycles. The lowest BCUT2D eigenvalue weighted by Gasteiger charge is -2.34. The van der Waals surface area contributed by atoms with Crippen LogP contribution in [0.15, 0.2) is 23.1 Å². The summed E-state index contributed by atoms with van der Waals surface area (Å²) in [6, 6.07) is 3.43. The minimum atomic E-state index is -3.81. The van der Waals surface area contributed by atoms with E-state index in [4.69, 9.17) is 11.6 Å². The first kappa shape index (κ1) is 16.2. The molecule has 1 fully saturated rings. The van der Waals surface area contributed by atoms with Crippen LogP contribution in [0.2, 0.25) is 5.02 Å². The second-order valence-corrected chi connectivity index (χ2v) is 7.31. The molecule has 1 aromatic rings. The van der Waals surface area contributed by atoms with Crippen molar-refractivity contribution in [2.24, 2.45) is 0 Å². The van der Waals surface area contributed by atoms with E-state index in [1.807, 2.05) is 6.92 Å². The number of nitro benzene ring substituents is 1. The van der Waals surface area contributed by atoms with Crippen molar-refractivity contribution in [1.29, 1.82) is 0 Å². The van der Waals surface area contributed by atoms with Gasteiger partial charge in [0.05, 0.1) is 9.95 Å².